The van der Waals surface area contributed by atoms with Gasteiger partial charge in [0.15, 0.2) is 0 Å². The van der Waals surface area contributed by atoms with Crippen LogP contribution < -0.4 is 0 Å². The molecule has 8 rings (SSSR count). The molecule has 4 aliphatic heterocycles. The molecule has 1 aromatic carbocycles. The van der Waals surface area contributed by atoms with Crippen LogP contribution in [0, 0.1) is 11.3 Å². The Kier molecular flexibility index (Phi) is 6.77. The highest BCUT2D eigenvalue weighted by Gasteiger charge is 2.66. The first kappa shape index (κ1) is 27.5. The molecule has 43 heavy (non-hydrogen) atoms. The average Bonchev–Trinajstić information content (AvgIpc) is 3.52. The summed E-state index contributed by atoms with van der Waals surface area (Å²) < 4.78 is 0. The van der Waals surface area contributed by atoms with Crippen molar-refractivity contribution in [2.24, 2.45) is 11.3 Å². The number of aliphatic hydroxyl groups is 1. The zero-order valence-electron chi connectivity index (χ0n) is 25.1. The van der Waals surface area contributed by atoms with E-state index in [1.807, 2.05) is 18.3 Å². The molecule has 1 spiro atoms. The van der Waals surface area contributed by atoms with E-state index in [9.17, 15) is 15.0 Å². The smallest absolute Gasteiger partial charge is 0.139 e. The van der Waals surface area contributed by atoms with Gasteiger partial charge in [-0.15, -0.1) is 0 Å². The first-order valence-electron chi connectivity index (χ1n) is 16.7. The van der Waals surface area contributed by atoms with E-state index in [1.165, 1.54) is 18.4 Å². The lowest BCUT2D eigenvalue weighted by Crippen LogP contribution is -2.65. The Bertz CT molecular complexity index is 1630. The molecule has 3 fully saturated rings. The number of ketones is 1. The fourth-order valence-electron chi connectivity index (χ4n) is 9.92. The SMILES string of the molecule is O=C1CCCN2C(CC1)C[C@@]13CN4CCCC/C=C\CC[C@@](O)(C=C(c5nccc6c5[nH]c5c(O)cccc56)[C@H]1CC4)[C@@H]23. The Morgan fingerprint density at radius 2 is 1.84 bits per heavy atom. The molecule has 226 valence electrons. The van der Waals surface area contributed by atoms with Gasteiger partial charge in [-0.05, 0) is 107 Å². The number of fused-ring (bicyclic) bond motifs is 5. The first-order valence-corrected chi connectivity index (χ1v) is 16.7. The third kappa shape index (κ3) is 4.41. The number of nitrogens with zero attached hydrogens (tertiary/aromatic N) is 3. The van der Waals surface area contributed by atoms with E-state index in [0.717, 1.165) is 92.2 Å². The number of piperidine rings is 1. The van der Waals surface area contributed by atoms with Crippen molar-refractivity contribution in [3.05, 3.63) is 54.4 Å². The van der Waals surface area contributed by atoms with E-state index in [2.05, 4.69) is 39.1 Å². The molecule has 7 heteroatoms. The second-order valence-corrected chi connectivity index (χ2v) is 14.0. The Labute approximate surface area is 253 Å². The number of Topliss-reactive ketones (excluding diaryl/α,β-unsaturated/α-hetero) is 1. The average molecular weight is 581 g/mol. The van der Waals surface area contributed by atoms with Crippen molar-refractivity contribution in [1.29, 1.82) is 0 Å². The highest BCUT2D eigenvalue weighted by molar-refractivity contribution is 6.11. The van der Waals surface area contributed by atoms with E-state index in [1.54, 1.807) is 6.07 Å². The second kappa shape index (κ2) is 10.6. The third-order valence-electron chi connectivity index (χ3n) is 11.6. The van der Waals surface area contributed by atoms with Crippen molar-refractivity contribution in [2.75, 3.05) is 26.2 Å². The number of aromatic amines is 1. The van der Waals surface area contributed by atoms with E-state index < -0.39 is 5.60 Å². The molecule has 7 nitrogen and oxygen atoms in total. The summed E-state index contributed by atoms with van der Waals surface area (Å²) in [7, 11) is 0. The van der Waals surface area contributed by atoms with Crippen molar-refractivity contribution in [3.63, 3.8) is 0 Å². The Balaban J connectivity index is 1.34. The number of carbonyl (C=O) groups is 1. The summed E-state index contributed by atoms with van der Waals surface area (Å²) in [6, 6.07) is 8.04. The van der Waals surface area contributed by atoms with Gasteiger partial charge < -0.3 is 20.1 Å². The van der Waals surface area contributed by atoms with E-state index in [-0.39, 0.29) is 23.1 Å². The molecule has 2 aromatic heterocycles. The molecule has 6 heterocycles. The lowest BCUT2D eigenvalue weighted by atomic mass is 9.54. The molecule has 3 N–H and O–H groups in total. The van der Waals surface area contributed by atoms with Crippen LogP contribution in [0.15, 0.2) is 48.7 Å². The summed E-state index contributed by atoms with van der Waals surface area (Å²) in [6.07, 6.45) is 18.9. The first-order chi connectivity index (χ1) is 21.0. The largest absolute Gasteiger partial charge is 0.506 e. The molecule has 3 saturated heterocycles. The number of phenolic OH excluding ortho intramolecular Hbond substituents is 1. The van der Waals surface area contributed by atoms with Crippen molar-refractivity contribution in [1.82, 2.24) is 19.8 Å². The fraction of sp³-hybridized carbons (Fsp3) is 0.556. The number of aromatic nitrogens is 2. The predicted octanol–water partition coefficient (Wildman–Crippen LogP) is 5.96. The number of rotatable bonds is 1. The summed E-state index contributed by atoms with van der Waals surface area (Å²) in [4.78, 5) is 26.5. The number of para-hydroxylation sites is 1. The molecule has 3 aromatic rings. The molecule has 6 atom stereocenters. The van der Waals surface area contributed by atoms with Crippen LogP contribution in [0.4, 0.5) is 0 Å². The normalized spacial score (nSPS) is 36.1. The van der Waals surface area contributed by atoms with Gasteiger partial charge in [-0.25, -0.2) is 0 Å². The maximum Gasteiger partial charge on any atom is 0.139 e. The predicted molar refractivity (Wildman–Crippen MR) is 170 cm³/mol. The Morgan fingerprint density at radius 1 is 0.953 bits per heavy atom. The quantitative estimate of drug-likeness (QED) is 0.308. The second-order valence-electron chi connectivity index (χ2n) is 14.0. The number of nitrogens with one attached hydrogen (secondary N) is 1. The number of hydrogen-bond donors (Lipinski definition) is 3. The minimum atomic E-state index is -1.01. The number of phenols is 1. The summed E-state index contributed by atoms with van der Waals surface area (Å²) in [5.41, 5.74) is 2.63. The van der Waals surface area contributed by atoms with Gasteiger partial charge in [0.25, 0.3) is 0 Å². The van der Waals surface area contributed by atoms with Gasteiger partial charge >= 0.3 is 0 Å². The molecular weight excluding hydrogens is 536 g/mol. The monoisotopic (exact) mass is 580 g/mol. The molecule has 0 amide bonds. The molecular formula is C36H44N4O3. The Hall–Kier alpha value is -3.00. The van der Waals surface area contributed by atoms with Gasteiger partial charge in [-0.1, -0.05) is 24.3 Å². The molecule has 3 bridgehead atoms. The molecule has 0 radical (unpaired) electrons. The van der Waals surface area contributed by atoms with Gasteiger partial charge in [0, 0.05) is 53.9 Å². The number of carbonyl (C=O) groups excluding carboxylic acids is 1. The molecule has 5 aliphatic rings. The summed E-state index contributed by atoms with van der Waals surface area (Å²) in [5, 5.41) is 25.8. The molecule has 2 unspecified atom stereocenters. The number of aromatic hydroxyl groups is 1. The van der Waals surface area contributed by atoms with Crippen molar-refractivity contribution >= 4 is 33.2 Å². The van der Waals surface area contributed by atoms with E-state index in [4.69, 9.17) is 4.98 Å². The van der Waals surface area contributed by atoms with E-state index in [0.29, 0.717) is 31.1 Å². The third-order valence-corrected chi connectivity index (χ3v) is 11.6. The number of H-pyrrole nitrogens is 1. The molecule has 1 aliphatic carbocycles. The van der Waals surface area contributed by atoms with Gasteiger partial charge in [0.2, 0.25) is 0 Å². The van der Waals surface area contributed by atoms with Crippen LogP contribution in [0.3, 0.4) is 0 Å². The number of benzene rings is 1. The van der Waals surface area contributed by atoms with Gasteiger partial charge in [-0.2, -0.15) is 0 Å². The van der Waals surface area contributed by atoms with Crippen LogP contribution >= 0.6 is 0 Å². The van der Waals surface area contributed by atoms with Crippen molar-refractivity contribution in [3.8, 4) is 5.75 Å². The van der Waals surface area contributed by atoms with Gasteiger partial charge in [0.1, 0.15) is 11.5 Å². The molecule has 0 saturated carbocycles. The van der Waals surface area contributed by atoms with Crippen LogP contribution in [-0.4, -0.2) is 79.6 Å². The van der Waals surface area contributed by atoms with Gasteiger partial charge in [0.05, 0.1) is 22.3 Å². The van der Waals surface area contributed by atoms with Crippen LogP contribution in [0.5, 0.6) is 5.75 Å². The van der Waals surface area contributed by atoms with Crippen molar-refractivity contribution in [2.45, 2.75) is 88.3 Å². The van der Waals surface area contributed by atoms with Crippen LogP contribution in [0.2, 0.25) is 0 Å². The summed E-state index contributed by atoms with van der Waals surface area (Å²) >= 11 is 0. The minimum absolute atomic E-state index is 0.0230. The maximum absolute atomic E-state index is 13.1. The Morgan fingerprint density at radius 3 is 2.77 bits per heavy atom. The lowest BCUT2D eigenvalue weighted by Gasteiger charge is -2.58. The number of allylic oxidation sites excluding steroid dienone is 3. The number of hydrogen-bond acceptors (Lipinski definition) is 6. The number of pyridine rings is 1. The highest BCUT2D eigenvalue weighted by Crippen LogP contribution is 2.62. The van der Waals surface area contributed by atoms with Crippen molar-refractivity contribution < 1.29 is 15.0 Å². The van der Waals surface area contributed by atoms with Gasteiger partial charge in [-0.3, -0.25) is 14.7 Å². The fourth-order valence-corrected chi connectivity index (χ4v) is 9.92. The zero-order valence-corrected chi connectivity index (χ0v) is 25.1. The zero-order chi connectivity index (χ0) is 29.2. The highest BCUT2D eigenvalue weighted by atomic mass is 16.3. The van der Waals surface area contributed by atoms with Crippen LogP contribution in [-0.2, 0) is 4.79 Å². The lowest BCUT2D eigenvalue weighted by molar-refractivity contribution is -0.120. The topological polar surface area (TPSA) is 92.7 Å². The minimum Gasteiger partial charge on any atom is -0.506 e. The van der Waals surface area contributed by atoms with E-state index >= 15 is 0 Å². The summed E-state index contributed by atoms with van der Waals surface area (Å²) in [5.74, 6) is 0.898. The standard InChI is InChI=1S/C36H44N4O3/c41-25-9-8-19-40-24(12-13-25)21-35-23-39-18-6-4-2-1-3-5-16-36(43,34(35)40)22-28(29(35)15-20-39)32-33-27(14-17-37-32)26-10-7-11-30(42)31(26)38-33/h1,3,7,10-11,14,17,22,24,29,34,38,42-43H,2,4-6,8-9,12-13,15-16,18-21,23H2/b3-1-/t24?,29-,34+,35-,36-/m1/s1. The summed E-state index contributed by atoms with van der Waals surface area (Å²) in [6.45, 7) is 4.02. The van der Waals surface area contributed by atoms with Crippen LogP contribution in [0.1, 0.15) is 76.3 Å². The van der Waals surface area contributed by atoms with Crippen LogP contribution in [0.25, 0.3) is 27.4 Å². The maximum atomic E-state index is 13.1.